The van der Waals surface area contributed by atoms with Crippen LogP contribution in [0.2, 0.25) is 6.32 Å². The van der Waals surface area contributed by atoms with Gasteiger partial charge in [-0.05, 0) is 32.5 Å². The van der Waals surface area contributed by atoms with Crippen LogP contribution in [-0.2, 0) is 0 Å². The summed E-state index contributed by atoms with van der Waals surface area (Å²) in [6.45, 7) is 0.125. The van der Waals surface area contributed by atoms with Crippen LogP contribution < -0.4 is 51.4 Å². The number of halogens is 3. The van der Waals surface area contributed by atoms with E-state index >= 15 is 0 Å². The molecule has 0 bridgehead atoms. The van der Waals surface area contributed by atoms with Crippen molar-refractivity contribution in [1.82, 2.24) is 4.90 Å². The Labute approximate surface area is 126 Å². The molecule has 0 radical (unpaired) electrons. The van der Waals surface area contributed by atoms with Crippen LogP contribution in [0.1, 0.15) is 19.8 Å². The normalized spacial score (nSPS) is 20.6. The molecule has 0 aromatic rings. The summed E-state index contributed by atoms with van der Waals surface area (Å²) in [7, 11) is 0. The van der Waals surface area contributed by atoms with E-state index in [1.54, 1.807) is 0 Å². The second-order valence-corrected chi connectivity index (χ2v) is 3.82. The maximum absolute atomic E-state index is 12.1. The van der Waals surface area contributed by atoms with E-state index in [2.05, 4.69) is 4.90 Å². The third kappa shape index (κ3) is 6.13. The molecule has 1 fully saturated rings. The zero-order valence-corrected chi connectivity index (χ0v) is 12.1. The molecule has 0 aromatic heterocycles. The first-order chi connectivity index (χ1) is 6.01. The molecule has 1 saturated heterocycles. The molecule has 1 nitrogen and oxygen atoms in total. The van der Waals surface area contributed by atoms with Gasteiger partial charge in [0.25, 0.3) is 0 Å². The molecule has 6 heteroatoms. The minimum absolute atomic E-state index is 0. The first kappa shape index (κ1) is 15.5. The van der Waals surface area contributed by atoms with Gasteiger partial charge in [-0.25, -0.2) is 0 Å². The van der Waals surface area contributed by atoms with Crippen molar-refractivity contribution < 1.29 is 64.3 Å². The van der Waals surface area contributed by atoms with E-state index in [4.69, 9.17) is 0 Å². The van der Waals surface area contributed by atoms with Gasteiger partial charge < -0.3 is 17.8 Å². The molecule has 0 unspecified atom stereocenters. The molecule has 78 valence electrons. The van der Waals surface area contributed by atoms with E-state index in [0.29, 0.717) is 0 Å². The number of likely N-dealkylation sites (tertiary alicyclic amines) is 1. The monoisotopic (exact) mass is 233 g/mol. The first-order valence-electron chi connectivity index (χ1n) is 4.94. The Morgan fingerprint density at radius 1 is 1.21 bits per heavy atom. The standard InChI is InChI=1S/C8H16BF3N.K/c1-2-13-5-3-8(4-6-13)7-9(10,11)12;/h8H,2-7H2,1H3;/q-1;+1. The van der Waals surface area contributed by atoms with Crippen LogP contribution in [0, 0.1) is 5.92 Å². The Bertz CT molecular complexity index is 157. The van der Waals surface area contributed by atoms with Crippen LogP contribution in [0.5, 0.6) is 0 Å². The van der Waals surface area contributed by atoms with Gasteiger partial charge in [0.2, 0.25) is 0 Å². The van der Waals surface area contributed by atoms with E-state index in [9.17, 15) is 12.9 Å². The zero-order chi connectivity index (χ0) is 9.90. The van der Waals surface area contributed by atoms with Crippen LogP contribution in [0.15, 0.2) is 0 Å². The Morgan fingerprint density at radius 2 is 1.71 bits per heavy atom. The van der Waals surface area contributed by atoms with Gasteiger partial charge in [0, 0.05) is 0 Å². The smallest absolute Gasteiger partial charge is 0.449 e. The Kier molecular flexibility index (Phi) is 7.63. The molecule has 0 aromatic carbocycles. The summed E-state index contributed by atoms with van der Waals surface area (Å²) in [6, 6.07) is 0. The van der Waals surface area contributed by atoms with Crippen molar-refractivity contribution in [2.75, 3.05) is 19.6 Å². The fraction of sp³-hybridized carbons (Fsp3) is 1.00. The van der Waals surface area contributed by atoms with Gasteiger partial charge in [-0.2, -0.15) is 0 Å². The third-order valence-electron chi connectivity index (χ3n) is 2.75. The molecule has 0 atom stereocenters. The SMILES string of the molecule is CCN1CCC(C[B-](F)(F)F)CC1.[K+]. The van der Waals surface area contributed by atoms with Gasteiger partial charge in [0.05, 0.1) is 0 Å². The van der Waals surface area contributed by atoms with E-state index in [1.165, 1.54) is 0 Å². The minimum atomic E-state index is -4.57. The molecular weight excluding hydrogens is 217 g/mol. The van der Waals surface area contributed by atoms with Crippen LogP contribution in [0.25, 0.3) is 0 Å². The molecule has 0 N–H and O–H groups in total. The van der Waals surface area contributed by atoms with E-state index < -0.39 is 13.3 Å². The number of hydrogen-bond donors (Lipinski definition) is 0. The topological polar surface area (TPSA) is 3.24 Å². The van der Waals surface area contributed by atoms with Gasteiger partial charge in [-0.3, -0.25) is 0 Å². The fourth-order valence-corrected chi connectivity index (χ4v) is 1.92. The van der Waals surface area contributed by atoms with Crippen molar-refractivity contribution in [2.24, 2.45) is 5.92 Å². The molecule has 0 spiro atoms. The summed E-state index contributed by atoms with van der Waals surface area (Å²) in [5.74, 6) is -0.109. The average molecular weight is 233 g/mol. The van der Waals surface area contributed by atoms with Crippen molar-refractivity contribution in [3.8, 4) is 0 Å². The van der Waals surface area contributed by atoms with Gasteiger partial charge in [-0.1, -0.05) is 19.2 Å². The number of piperidine rings is 1. The molecule has 1 aliphatic heterocycles. The molecule has 1 aliphatic rings. The third-order valence-corrected chi connectivity index (χ3v) is 2.75. The maximum atomic E-state index is 12.1. The quantitative estimate of drug-likeness (QED) is 0.598. The Balaban J connectivity index is 0.00000169. The van der Waals surface area contributed by atoms with Crippen molar-refractivity contribution in [1.29, 1.82) is 0 Å². The number of rotatable bonds is 3. The number of hydrogen-bond acceptors (Lipinski definition) is 1. The molecule has 1 heterocycles. The first-order valence-corrected chi connectivity index (χ1v) is 4.94. The maximum Gasteiger partial charge on any atom is 1.00 e. The summed E-state index contributed by atoms with van der Waals surface area (Å²) in [6.07, 6.45) is 0.905. The summed E-state index contributed by atoms with van der Waals surface area (Å²) >= 11 is 0. The van der Waals surface area contributed by atoms with Gasteiger partial charge in [0.15, 0.2) is 0 Å². The number of nitrogens with zero attached hydrogens (tertiary/aromatic N) is 1. The average Bonchev–Trinajstić information content (AvgIpc) is 2.03. The Hall–Kier alpha value is 1.45. The van der Waals surface area contributed by atoms with E-state index in [-0.39, 0.29) is 57.3 Å². The van der Waals surface area contributed by atoms with Crippen molar-refractivity contribution in [3.63, 3.8) is 0 Å². The molecule has 0 aliphatic carbocycles. The zero-order valence-electron chi connectivity index (χ0n) is 8.98. The van der Waals surface area contributed by atoms with Crippen molar-refractivity contribution in [2.45, 2.75) is 26.1 Å². The molecule has 0 amide bonds. The second kappa shape index (κ2) is 6.91. The van der Waals surface area contributed by atoms with Crippen LogP contribution in [0.3, 0.4) is 0 Å². The Morgan fingerprint density at radius 3 is 2.07 bits per heavy atom. The van der Waals surface area contributed by atoms with E-state index in [1.807, 2.05) is 6.92 Å². The predicted octanol–water partition coefficient (Wildman–Crippen LogP) is -0.430. The van der Waals surface area contributed by atoms with Crippen LogP contribution in [0.4, 0.5) is 12.9 Å². The molecular formula is C8H16BF3KN. The predicted molar refractivity (Wildman–Crippen MR) is 48.7 cm³/mol. The molecule has 1 rings (SSSR count). The van der Waals surface area contributed by atoms with Gasteiger partial charge in [0.1, 0.15) is 0 Å². The fourth-order valence-electron chi connectivity index (χ4n) is 1.92. The van der Waals surface area contributed by atoms with E-state index in [0.717, 1.165) is 32.5 Å². The largest absolute Gasteiger partial charge is 1.00 e. The second-order valence-electron chi connectivity index (χ2n) is 3.82. The molecule has 0 saturated carbocycles. The van der Waals surface area contributed by atoms with Crippen LogP contribution in [-0.4, -0.2) is 31.5 Å². The minimum Gasteiger partial charge on any atom is -0.449 e. The van der Waals surface area contributed by atoms with Crippen molar-refractivity contribution >= 4 is 6.98 Å². The summed E-state index contributed by atoms with van der Waals surface area (Å²) < 4.78 is 36.2. The summed E-state index contributed by atoms with van der Waals surface area (Å²) in [5, 5.41) is 0. The van der Waals surface area contributed by atoms with Crippen molar-refractivity contribution in [3.05, 3.63) is 0 Å². The van der Waals surface area contributed by atoms with Crippen LogP contribution >= 0.6 is 0 Å². The molecule has 14 heavy (non-hydrogen) atoms. The van der Waals surface area contributed by atoms with Gasteiger partial charge in [-0.15, -0.1) is 0 Å². The van der Waals surface area contributed by atoms with Gasteiger partial charge >= 0.3 is 58.4 Å². The summed E-state index contributed by atoms with van der Waals surface area (Å²) in [4.78, 5) is 2.21. The summed E-state index contributed by atoms with van der Waals surface area (Å²) in [5.41, 5.74) is 0.